The molecular formula is C23H35BFNO6. The number of carbonyl (C=O) groups excluding carboxylic acids is 2. The number of carbonyl (C=O) groups is 2. The first-order valence-electron chi connectivity index (χ1n) is 10.9. The second kappa shape index (κ2) is 9.39. The number of amides is 1. The highest BCUT2D eigenvalue weighted by molar-refractivity contribution is 6.62. The van der Waals surface area contributed by atoms with Crippen molar-refractivity contribution in [2.24, 2.45) is 0 Å². The lowest BCUT2D eigenvalue weighted by atomic mass is 9.76. The Morgan fingerprint density at radius 1 is 1.16 bits per heavy atom. The van der Waals surface area contributed by atoms with Crippen molar-refractivity contribution in [2.45, 2.75) is 91.6 Å². The van der Waals surface area contributed by atoms with Gasteiger partial charge in [0, 0.05) is 5.56 Å². The fourth-order valence-corrected chi connectivity index (χ4v) is 3.27. The van der Waals surface area contributed by atoms with Crippen LogP contribution in [0.3, 0.4) is 0 Å². The van der Waals surface area contributed by atoms with Gasteiger partial charge in [0.25, 0.3) is 0 Å². The van der Waals surface area contributed by atoms with E-state index in [1.165, 1.54) is 0 Å². The Morgan fingerprint density at radius 2 is 1.72 bits per heavy atom. The van der Waals surface area contributed by atoms with E-state index in [1.807, 2.05) is 27.7 Å². The third kappa shape index (κ3) is 6.22. The molecule has 0 saturated carbocycles. The monoisotopic (exact) mass is 451 g/mol. The van der Waals surface area contributed by atoms with Crippen LogP contribution >= 0.6 is 0 Å². The van der Waals surface area contributed by atoms with E-state index in [1.54, 1.807) is 46.8 Å². The van der Waals surface area contributed by atoms with E-state index in [4.69, 9.17) is 18.8 Å². The molecule has 9 heteroatoms. The van der Waals surface area contributed by atoms with Crippen molar-refractivity contribution in [1.29, 1.82) is 0 Å². The molecule has 1 aliphatic rings. The first-order chi connectivity index (χ1) is 14.6. The van der Waals surface area contributed by atoms with Gasteiger partial charge in [-0.2, -0.15) is 0 Å². The van der Waals surface area contributed by atoms with E-state index in [0.717, 1.165) is 0 Å². The largest absolute Gasteiger partial charge is 0.494 e. The maximum atomic E-state index is 15.2. The summed E-state index contributed by atoms with van der Waals surface area (Å²) in [6.45, 7) is 16.3. The van der Waals surface area contributed by atoms with Crippen LogP contribution in [0.1, 0.15) is 79.0 Å². The van der Waals surface area contributed by atoms with Gasteiger partial charge in [-0.15, -0.1) is 0 Å². The smallest absolute Gasteiger partial charge is 0.466 e. The van der Waals surface area contributed by atoms with Crippen molar-refractivity contribution in [1.82, 2.24) is 5.32 Å². The highest BCUT2D eigenvalue weighted by Gasteiger charge is 2.52. The molecule has 0 spiro atoms. The van der Waals surface area contributed by atoms with E-state index in [0.29, 0.717) is 11.0 Å². The molecule has 1 fully saturated rings. The van der Waals surface area contributed by atoms with Gasteiger partial charge in [0.2, 0.25) is 0 Å². The zero-order valence-electron chi connectivity index (χ0n) is 20.6. The lowest BCUT2D eigenvalue weighted by Crippen LogP contribution is -2.41. The fourth-order valence-electron chi connectivity index (χ4n) is 3.27. The Kier molecular flexibility index (Phi) is 7.67. The van der Waals surface area contributed by atoms with Crippen LogP contribution in [0.15, 0.2) is 12.1 Å². The molecule has 1 unspecified atom stereocenters. The van der Waals surface area contributed by atoms with E-state index in [9.17, 15) is 9.59 Å². The van der Waals surface area contributed by atoms with Crippen LogP contribution in [0.5, 0.6) is 0 Å². The number of nitrogens with one attached hydrogen (secondary N) is 1. The fraction of sp³-hybridized carbons (Fsp3) is 0.652. The van der Waals surface area contributed by atoms with Crippen LogP contribution in [0, 0.1) is 12.7 Å². The predicted octanol–water partition coefficient (Wildman–Crippen LogP) is 3.95. The maximum Gasteiger partial charge on any atom is 0.494 e. The van der Waals surface area contributed by atoms with E-state index in [2.05, 4.69) is 5.32 Å². The van der Waals surface area contributed by atoms with Crippen molar-refractivity contribution in [3.8, 4) is 0 Å². The number of alkyl carbamates (subject to hydrolysis) is 1. The number of ether oxygens (including phenoxy) is 2. The van der Waals surface area contributed by atoms with Crippen molar-refractivity contribution in [2.75, 3.05) is 6.61 Å². The standard InChI is InChI=1S/C23H35BFNO6/c1-10-29-18(27)13-17(26-20(28)30-21(3,4)5)16-12-15(11-14(2)19(16)25)24-31-22(6,7)23(8,9)32-24/h11-12,17H,10,13H2,1-9H3,(H,26,28). The van der Waals surface area contributed by atoms with Crippen LogP contribution in [0.4, 0.5) is 9.18 Å². The molecular weight excluding hydrogens is 416 g/mol. The highest BCUT2D eigenvalue weighted by Crippen LogP contribution is 2.37. The lowest BCUT2D eigenvalue weighted by Gasteiger charge is -2.32. The van der Waals surface area contributed by atoms with Crippen LogP contribution < -0.4 is 10.8 Å². The first kappa shape index (κ1) is 26.1. The Morgan fingerprint density at radius 3 is 2.22 bits per heavy atom. The minimum absolute atomic E-state index is 0.133. The quantitative estimate of drug-likeness (QED) is 0.521. The molecule has 0 radical (unpaired) electrons. The third-order valence-electron chi connectivity index (χ3n) is 5.57. The van der Waals surface area contributed by atoms with Gasteiger partial charge >= 0.3 is 19.2 Å². The van der Waals surface area contributed by atoms with Crippen molar-refractivity contribution in [3.05, 3.63) is 29.1 Å². The summed E-state index contributed by atoms with van der Waals surface area (Å²) in [5.41, 5.74) is -0.825. The molecule has 1 atom stereocenters. The van der Waals surface area contributed by atoms with Crippen LogP contribution in [-0.4, -0.2) is 42.6 Å². The average molecular weight is 451 g/mol. The molecule has 1 aliphatic heterocycles. The normalized spacial score (nSPS) is 18.2. The number of hydrogen-bond acceptors (Lipinski definition) is 6. The Labute approximate surface area is 190 Å². The molecule has 0 aromatic heterocycles. The van der Waals surface area contributed by atoms with Crippen LogP contribution in [0.25, 0.3) is 0 Å². The summed E-state index contributed by atoms with van der Waals surface area (Å²) in [5, 5.41) is 2.61. The highest BCUT2D eigenvalue weighted by atomic mass is 19.1. The number of benzene rings is 1. The number of hydrogen-bond donors (Lipinski definition) is 1. The summed E-state index contributed by atoms with van der Waals surface area (Å²) in [6.07, 6.45) is -1.01. The second-order valence-corrected chi connectivity index (χ2v) is 10.0. The summed E-state index contributed by atoms with van der Waals surface area (Å²) < 4.78 is 37.8. The van der Waals surface area contributed by atoms with Crippen molar-refractivity contribution in [3.63, 3.8) is 0 Å². The summed E-state index contributed by atoms with van der Waals surface area (Å²) in [4.78, 5) is 24.6. The predicted molar refractivity (Wildman–Crippen MR) is 120 cm³/mol. The van der Waals surface area contributed by atoms with E-state index < -0.39 is 47.8 Å². The third-order valence-corrected chi connectivity index (χ3v) is 5.57. The van der Waals surface area contributed by atoms with Gasteiger partial charge < -0.3 is 24.1 Å². The van der Waals surface area contributed by atoms with Gasteiger partial charge in [0.15, 0.2) is 0 Å². The summed E-state index contributed by atoms with van der Waals surface area (Å²) in [5.74, 6) is -1.10. The first-order valence-corrected chi connectivity index (χ1v) is 10.9. The molecule has 7 nitrogen and oxygen atoms in total. The number of halogens is 1. The van der Waals surface area contributed by atoms with Gasteiger partial charge in [-0.05, 0) is 73.3 Å². The van der Waals surface area contributed by atoms with Gasteiger partial charge in [0.05, 0.1) is 30.3 Å². The molecule has 32 heavy (non-hydrogen) atoms. The molecule has 1 amide bonds. The van der Waals surface area contributed by atoms with Crippen molar-refractivity contribution < 1.29 is 32.8 Å². The Balaban J connectivity index is 2.43. The molecule has 178 valence electrons. The summed E-state index contributed by atoms with van der Waals surface area (Å²) in [7, 11) is -0.720. The summed E-state index contributed by atoms with van der Waals surface area (Å²) >= 11 is 0. The lowest BCUT2D eigenvalue weighted by molar-refractivity contribution is -0.143. The minimum Gasteiger partial charge on any atom is -0.466 e. The molecule has 2 rings (SSSR count). The Hall–Kier alpha value is -2.13. The number of rotatable bonds is 6. The number of aryl methyl sites for hydroxylation is 1. The molecule has 1 aromatic rings. The molecule has 0 bridgehead atoms. The van der Waals surface area contributed by atoms with Crippen LogP contribution in [-0.2, 0) is 23.6 Å². The Bertz CT molecular complexity index is 849. The molecule has 0 aliphatic carbocycles. The minimum atomic E-state index is -0.995. The SMILES string of the molecule is CCOC(=O)CC(NC(=O)OC(C)(C)C)c1cc(B2OC(C)(C)C(C)(C)O2)cc(C)c1F. The zero-order valence-corrected chi connectivity index (χ0v) is 20.6. The topological polar surface area (TPSA) is 83.1 Å². The van der Waals surface area contributed by atoms with Gasteiger partial charge in [-0.25, -0.2) is 9.18 Å². The van der Waals surface area contributed by atoms with E-state index >= 15 is 4.39 Å². The summed E-state index contributed by atoms with van der Waals surface area (Å²) in [6, 6.07) is 2.21. The molecule has 1 N–H and O–H groups in total. The van der Waals surface area contributed by atoms with E-state index in [-0.39, 0.29) is 18.6 Å². The van der Waals surface area contributed by atoms with Gasteiger partial charge in [-0.1, -0.05) is 12.1 Å². The van der Waals surface area contributed by atoms with Gasteiger partial charge in [-0.3, -0.25) is 4.79 Å². The maximum absolute atomic E-state index is 15.2. The number of esters is 1. The average Bonchev–Trinajstić information content (AvgIpc) is 2.82. The zero-order chi connectivity index (χ0) is 24.5. The molecule has 1 saturated heterocycles. The molecule has 1 heterocycles. The second-order valence-electron chi connectivity index (χ2n) is 10.0. The molecule has 1 aromatic carbocycles. The van der Waals surface area contributed by atoms with Crippen LogP contribution in [0.2, 0.25) is 0 Å². The van der Waals surface area contributed by atoms with Crippen molar-refractivity contribution >= 4 is 24.6 Å². The van der Waals surface area contributed by atoms with Gasteiger partial charge in [0.1, 0.15) is 11.4 Å².